The van der Waals surface area contributed by atoms with Gasteiger partial charge in [-0.2, -0.15) is 0 Å². The summed E-state index contributed by atoms with van der Waals surface area (Å²) in [6.45, 7) is 6.78. The Morgan fingerprint density at radius 3 is 2.67 bits per heavy atom. The van der Waals surface area contributed by atoms with E-state index in [1.807, 2.05) is 25.1 Å². The number of nitrogens with two attached hydrogens (primary N) is 1. The van der Waals surface area contributed by atoms with Crippen molar-refractivity contribution < 1.29 is 4.74 Å². The van der Waals surface area contributed by atoms with Gasteiger partial charge in [-0.05, 0) is 45.7 Å². The molecule has 1 aromatic heterocycles. The van der Waals surface area contributed by atoms with Crippen molar-refractivity contribution in [2.45, 2.75) is 45.1 Å². The standard InChI is InChI=1S/C17H22N2OS/c1-4-20-13-8-6-5-7-12(13)16-19-14(11-9-10-11)15(21-16)17(2,3)18/h5-8,11H,4,9-10,18H2,1-3H3. The molecule has 0 atom stereocenters. The molecule has 3 nitrogen and oxygen atoms in total. The van der Waals surface area contributed by atoms with Crippen LogP contribution in [0.1, 0.15) is 50.1 Å². The minimum Gasteiger partial charge on any atom is -0.493 e. The van der Waals surface area contributed by atoms with Gasteiger partial charge < -0.3 is 10.5 Å². The fraction of sp³-hybridized carbons (Fsp3) is 0.471. The van der Waals surface area contributed by atoms with Crippen LogP contribution in [-0.2, 0) is 5.54 Å². The Balaban J connectivity index is 2.07. The number of benzene rings is 1. The zero-order valence-corrected chi connectivity index (χ0v) is 13.7. The molecule has 1 saturated carbocycles. The largest absolute Gasteiger partial charge is 0.493 e. The number of hydrogen-bond donors (Lipinski definition) is 1. The zero-order valence-electron chi connectivity index (χ0n) is 12.8. The lowest BCUT2D eigenvalue weighted by Crippen LogP contribution is -2.28. The number of ether oxygens (including phenoxy) is 1. The zero-order chi connectivity index (χ0) is 15.0. The Morgan fingerprint density at radius 1 is 1.33 bits per heavy atom. The second-order valence-electron chi connectivity index (χ2n) is 6.16. The molecule has 1 aliphatic rings. The smallest absolute Gasteiger partial charge is 0.129 e. The van der Waals surface area contributed by atoms with Crippen molar-refractivity contribution in [2.24, 2.45) is 5.73 Å². The van der Waals surface area contributed by atoms with Crippen LogP contribution in [0.15, 0.2) is 24.3 Å². The highest BCUT2D eigenvalue weighted by Crippen LogP contribution is 2.47. The lowest BCUT2D eigenvalue weighted by molar-refractivity contribution is 0.341. The molecular formula is C17H22N2OS. The van der Waals surface area contributed by atoms with Crippen molar-refractivity contribution in [3.8, 4) is 16.3 Å². The fourth-order valence-electron chi connectivity index (χ4n) is 2.47. The van der Waals surface area contributed by atoms with Crippen LogP contribution in [0.3, 0.4) is 0 Å². The van der Waals surface area contributed by atoms with Crippen LogP contribution in [0.2, 0.25) is 0 Å². The Hall–Kier alpha value is -1.39. The van der Waals surface area contributed by atoms with Crippen molar-refractivity contribution in [1.82, 2.24) is 4.98 Å². The molecule has 1 aromatic carbocycles. The van der Waals surface area contributed by atoms with E-state index in [1.54, 1.807) is 11.3 Å². The molecular weight excluding hydrogens is 280 g/mol. The first-order valence-electron chi connectivity index (χ1n) is 7.53. The number of nitrogens with zero attached hydrogens (tertiary/aromatic N) is 1. The summed E-state index contributed by atoms with van der Waals surface area (Å²) in [6.07, 6.45) is 2.47. The van der Waals surface area contributed by atoms with Gasteiger partial charge in [-0.25, -0.2) is 4.98 Å². The van der Waals surface area contributed by atoms with Crippen molar-refractivity contribution in [3.05, 3.63) is 34.8 Å². The van der Waals surface area contributed by atoms with E-state index >= 15 is 0 Å². The van der Waals surface area contributed by atoms with E-state index in [9.17, 15) is 0 Å². The van der Waals surface area contributed by atoms with Gasteiger partial charge in [-0.1, -0.05) is 12.1 Å². The maximum absolute atomic E-state index is 6.35. The summed E-state index contributed by atoms with van der Waals surface area (Å²) in [5.74, 6) is 1.50. The third kappa shape index (κ3) is 2.97. The molecule has 0 amide bonds. The van der Waals surface area contributed by atoms with Crippen molar-refractivity contribution in [3.63, 3.8) is 0 Å². The minimum atomic E-state index is -0.339. The predicted molar refractivity (Wildman–Crippen MR) is 87.9 cm³/mol. The molecule has 4 heteroatoms. The maximum Gasteiger partial charge on any atom is 0.129 e. The molecule has 0 saturated heterocycles. The van der Waals surface area contributed by atoms with Crippen LogP contribution >= 0.6 is 11.3 Å². The van der Waals surface area contributed by atoms with Gasteiger partial charge in [0, 0.05) is 16.3 Å². The third-order valence-corrected chi connectivity index (χ3v) is 5.06. The number of thiazole rings is 1. The van der Waals surface area contributed by atoms with Gasteiger partial charge in [0.1, 0.15) is 10.8 Å². The van der Waals surface area contributed by atoms with Gasteiger partial charge in [0.2, 0.25) is 0 Å². The first-order chi connectivity index (χ1) is 10.0. The lowest BCUT2D eigenvalue weighted by Gasteiger charge is -2.17. The van der Waals surface area contributed by atoms with E-state index in [1.165, 1.54) is 23.4 Å². The first-order valence-corrected chi connectivity index (χ1v) is 8.34. The van der Waals surface area contributed by atoms with Crippen LogP contribution in [0, 0.1) is 0 Å². The minimum absolute atomic E-state index is 0.339. The molecule has 3 rings (SSSR count). The maximum atomic E-state index is 6.35. The van der Waals surface area contributed by atoms with Crippen molar-refractivity contribution in [1.29, 1.82) is 0 Å². The molecule has 1 fully saturated rings. The van der Waals surface area contributed by atoms with Crippen LogP contribution in [0.4, 0.5) is 0 Å². The van der Waals surface area contributed by atoms with Gasteiger partial charge in [0.05, 0.1) is 17.9 Å². The molecule has 0 aliphatic heterocycles. The van der Waals surface area contributed by atoms with Crippen LogP contribution in [0.5, 0.6) is 5.75 Å². The molecule has 0 radical (unpaired) electrons. The van der Waals surface area contributed by atoms with Gasteiger partial charge in [-0.3, -0.25) is 0 Å². The second-order valence-corrected chi connectivity index (χ2v) is 7.16. The first kappa shape index (κ1) is 14.5. The van der Waals surface area contributed by atoms with E-state index < -0.39 is 0 Å². The summed E-state index contributed by atoms with van der Waals surface area (Å²) in [6, 6.07) is 8.11. The highest BCUT2D eigenvalue weighted by Gasteiger charge is 2.34. The molecule has 0 unspecified atom stereocenters. The summed E-state index contributed by atoms with van der Waals surface area (Å²) in [5, 5.41) is 1.02. The summed E-state index contributed by atoms with van der Waals surface area (Å²) >= 11 is 1.71. The molecule has 2 aromatic rings. The average Bonchev–Trinajstić information content (AvgIpc) is 3.17. The van der Waals surface area contributed by atoms with Gasteiger partial charge in [0.25, 0.3) is 0 Å². The van der Waals surface area contributed by atoms with Crippen molar-refractivity contribution >= 4 is 11.3 Å². The Bertz CT molecular complexity index is 638. The van der Waals surface area contributed by atoms with E-state index in [4.69, 9.17) is 15.5 Å². The average molecular weight is 302 g/mol. The summed E-state index contributed by atoms with van der Waals surface area (Å²) < 4.78 is 5.74. The predicted octanol–water partition coefficient (Wildman–Crippen LogP) is 4.28. The monoisotopic (exact) mass is 302 g/mol. The Kier molecular flexibility index (Phi) is 3.76. The molecule has 1 aliphatic carbocycles. The molecule has 0 bridgehead atoms. The third-order valence-electron chi connectivity index (χ3n) is 3.62. The quantitative estimate of drug-likeness (QED) is 0.896. The van der Waals surface area contributed by atoms with Crippen molar-refractivity contribution in [2.75, 3.05) is 6.61 Å². The molecule has 2 N–H and O–H groups in total. The van der Waals surface area contributed by atoms with Crippen LogP contribution < -0.4 is 10.5 Å². The molecule has 112 valence electrons. The molecule has 0 spiro atoms. The summed E-state index contributed by atoms with van der Waals surface area (Å²) in [4.78, 5) is 6.12. The number of rotatable bonds is 5. The second kappa shape index (κ2) is 5.43. The summed E-state index contributed by atoms with van der Waals surface area (Å²) in [7, 11) is 0. The van der Waals surface area contributed by atoms with Crippen LogP contribution in [-0.4, -0.2) is 11.6 Å². The van der Waals surface area contributed by atoms with Gasteiger partial charge >= 0.3 is 0 Å². The highest BCUT2D eigenvalue weighted by atomic mass is 32.1. The Labute approximate surface area is 130 Å². The van der Waals surface area contributed by atoms with Gasteiger partial charge in [-0.15, -0.1) is 11.3 Å². The van der Waals surface area contributed by atoms with Gasteiger partial charge in [0.15, 0.2) is 0 Å². The van der Waals surface area contributed by atoms with Crippen LogP contribution in [0.25, 0.3) is 10.6 Å². The summed E-state index contributed by atoms with van der Waals surface area (Å²) in [5.41, 5.74) is 8.29. The van der Waals surface area contributed by atoms with E-state index in [-0.39, 0.29) is 5.54 Å². The fourth-order valence-corrected chi connectivity index (χ4v) is 3.66. The highest BCUT2D eigenvalue weighted by molar-refractivity contribution is 7.15. The topological polar surface area (TPSA) is 48.1 Å². The number of hydrogen-bond acceptors (Lipinski definition) is 4. The van der Waals surface area contributed by atoms with E-state index in [0.717, 1.165) is 16.3 Å². The van der Waals surface area contributed by atoms with E-state index in [2.05, 4.69) is 19.9 Å². The van der Waals surface area contributed by atoms with E-state index in [0.29, 0.717) is 12.5 Å². The lowest BCUT2D eigenvalue weighted by atomic mass is 10.0. The Morgan fingerprint density at radius 2 is 2.05 bits per heavy atom. The SMILES string of the molecule is CCOc1ccccc1-c1nc(C2CC2)c(C(C)(C)N)s1. The molecule has 1 heterocycles. The normalized spacial score (nSPS) is 15.2. The number of aromatic nitrogens is 1. The molecule has 21 heavy (non-hydrogen) atoms. The number of para-hydroxylation sites is 1.